The number of ketones is 1. The van der Waals surface area contributed by atoms with Crippen LogP contribution in [0.3, 0.4) is 0 Å². The van der Waals surface area contributed by atoms with Gasteiger partial charge < -0.3 is 15.7 Å². The Bertz CT molecular complexity index is 1270. The van der Waals surface area contributed by atoms with Crippen LogP contribution in [0.15, 0.2) is 48.5 Å². The summed E-state index contributed by atoms with van der Waals surface area (Å²) in [7, 11) is 0. The van der Waals surface area contributed by atoms with E-state index in [-0.39, 0.29) is 41.8 Å². The first-order chi connectivity index (χ1) is 16.9. The molecule has 12 nitrogen and oxygen atoms in total. The smallest absolute Gasteiger partial charge is 0.336 e. The van der Waals surface area contributed by atoms with Crippen molar-refractivity contribution >= 4 is 41.4 Å². The van der Waals surface area contributed by atoms with Gasteiger partial charge in [-0.15, -0.1) is 0 Å². The predicted octanol–water partition coefficient (Wildman–Crippen LogP) is 0.584. The average molecular weight is 494 g/mol. The molecule has 1 atom stereocenters. The van der Waals surface area contributed by atoms with Crippen molar-refractivity contribution in [3.8, 4) is 0 Å². The third-order valence-electron chi connectivity index (χ3n) is 5.38. The quantitative estimate of drug-likeness (QED) is 0.333. The highest BCUT2D eigenvalue weighted by molar-refractivity contribution is 6.22. The number of carboxylic acid groups (broad SMARTS) is 1. The maximum atomic E-state index is 12.0. The number of hydrogen-bond acceptors (Lipinski definition) is 7. The first-order valence-electron chi connectivity index (χ1n) is 10.6. The number of hydrogen-bond donors (Lipinski definition) is 4. The normalized spacial score (nSPS) is 18.0. The third kappa shape index (κ3) is 5.27. The van der Waals surface area contributed by atoms with Crippen molar-refractivity contribution in [2.75, 3.05) is 13.1 Å². The molecule has 2 aromatic carbocycles. The standard InChI is InChI=1S/C13H13N3O5.C11H9NO3/c1-13(11(20)15-12(21)16-13)6-14-9(17)7-4-2-3-5-8(7)10(18)19;1-7(13)6-12-10(14)8-4-2-3-5-9(8)11(12)15/h2-5H,6H2,1H3,(H,14,17)(H,18,19)(H2,15,16,20,21);2-5H,6H2,1H3. The fourth-order valence-electron chi connectivity index (χ4n) is 3.53. The number of imide groups is 2. The van der Waals surface area contributed by atoms with Crippen molar-refractivity contribution in [1.29, 1.82) is 0 Å². The van der Waals surface area contributed by atoms with Crippen LogP contribution in [0.1, 0.15) is 55.3 Å². The molecule has 2 aliphatic heterocycles. The van der Waals surface area contributed by atoms with E-state index in [9.17, 15) is 33.6 Å². The van der Waals surface area contributed by atoms with E-state index in [0.29, 0.717) is 11.1 Å². The summed E-state index contributed by atoms with van der Waals surface area (Å²) in [6.07, 6.45) is 0. The lowest BCUT2D eigenvalue weighted by Gasteiger charge is -2.21. The van der Waals surface area contributed by atoms with Crippen molar-refractivity contribution in [3.05, 3.63) is 70.8 Å². The number of benzene rings is 2. The van der Waals surface area contributed by atoms with Crippen LogP contribution in [-0.2, 0) is 9.59 Å². The lowest BCUT2D eigenvalue weighted by atomic mass is 10.0. The number of urea groups is 1. The molecule has 2 aliphatic rings. The van der Waals surface area contributed by atoms with E-state index in [2.05, 4.69) is 16.0 Å². The Hall–Kier alpha value is -4.87. The molecule has 0 spiro atoms. The summed E-state index contributed by atoms with van der Waals surface area (Å²) in [5.74, 6) is -3.39. The van der Waals surface area contributed by atoms with Crippen LogP contribution >= 0.6 is 0 Å². The van der Waals surface area contributed by atoms with Gasteiger partial charge in [-0.1, -0.05) is 24.3 Å². The Morgan fingerprint density at radius 2 is 1.44 bits per heavy atom. The molecule has 186 valence electrons. The van der Waals surface area contributed by atoms with Crippen LogP contribution in [0.25, 0.3) is 0 Å². The van der Waals surface area contributed by atoms with Gasteiger partial charge in [0.25, 0.3) is 23.6 Å². The average Bonchev–Trinajstić information content (AvgIpc) is 3.24. The SMILES string of the molecule is CC(=O)CN1C(=O)c2ccccc2C1=O.CC1(CNC(=O)c2ccccc2C(=O)O)NC(=O)NC1=O. The summed E-state index contributed by atoms with van der Waals surface area (Å²) in [5, 5.41) is 15.9. The third-order valence-corrected chi connectivity index (χ3v) is 5.38. The number of carbonyl (C=O) groups is 7. The number of carbonyl (C=O) groups excluding carboxylic acids is 6. The van der Waals surface area contributed by atoms with Gasteiger partial charge in [0.2, 0.25) is 0 Å². The highest BCUT2D eigenvalue weighted by atomic mass is 16.4. The minimum absolute atomic E-state index is 0.0154. The van der Waals surface area contributed by atoms with Gasteiger partial charge in [-0.3, -0.25) is 34.2 Å². The molecule has 0 saturated carbocycles. The molecule has 0 bridgehead atoms. The van der Waals surface area contributed by atoms with E-state index in [1.807, 2.05) is 0 Å². The molecule has 1 saturated heterocycles. The predicted molar refractivity (Wildman–Crippen MR) is 123 cm³/mol. The molecule has 4 rings (SSSR count). The van der Waals surface area contributed by atoms with Crippen LogP contribution in [0.2, 0.25) is 0 Å². The number of amides is 6. The molecule has 2 heterocycles. The van der Waals surface area contributed by atoms with E-state index in [1.54, 1.807) is 24.3 Å². The molecule has 2 aromatic rings. The van der Waals surface area contributed by atoms with Gasteiger partial charge in [-0.2, -0.15) is 0 Å². The Labute approximate surface area is 204 Å². The number of nitrogens with zero attached hydrogens (tertiary/aromatic N) is 1. The second-order valence-electron chi connectivity index (χ2n) is 8.22. The number of carboxylic acids is 1. The van der Waals surface area contributed by atoms with Gasteiger partial charge in [0.05, 0.1) is 28.8 Å². The summed E-state index contributed by atoms with van der Waals surface area (Å²) in [6.45, 7) is 2.50. The van der Waals surface area contributed by atoms with Gasteiger partial charge in [-0.05, 0) is 38.1 Å². The van der Waals surface area contributed by atoms with Crippen molar-refractivity contribution in [3.63, 3.8) is 0 Å². The number of Topliss-reactive ketones (excluding diaryl/α,β-unsaturated/α-hetero) is 1. The summed E-state index contributed by atoms with van der Waals surface area (Å²) in [5.41, 5.74) is -0.656. The second-order valence-corrected chi connectivity index (χ2v) is 8.22. The van der Waals surface area contributed by atoms with Crippen LogP contribution in [0.4, 0.5) is 4.79 Å². The fraction of sp³-hybridized carbons (Fsp3) is 0.208. The van der Waals surface area contributed by atoms with Crippen molar-refractivity contribution in [2.24, 2.45) is 0 Å². The highest BCUT2D eigenvalue weighted by Gasteiger charge is 2.42. The van der Waals surface area contributed by atoms with Gasteiger partial charge in [0.15, 0.2) is 0 Å². The lowest BCUT2D eigenvalue weighted by Crippen LogP contribution is -2.52. The first kappa shape index (κ1) is 25.7. The Balaban J connectivity index is 0.000000212. The number of aromatic carboxylic acids is 1. The van der Waals surface area contributed by atoms with E-state index in [4.69, 9.17) is 5.11 Å². The summed E-state index contributed by atoms with van der Waals surface area (Å²) >= 11 is 0. The fourth-order valence-corrected chi connectivity index (χ4v) is 3.53. The van der Waals surface area contributed by atoms with Crippen molar-refractivity contribution in [2.45, 2.75) is 19.4 Å². The van der Waals surface area contributed by atoms with Crippen LogP contribution in [0, 0.1) is 0 Å². The molecule has 0 aliphatic carbocycles. The maximum absolute atomic E-state index is 12.0. The minimum atomic E-state index is -1.26. The van der Waals surface area contributed by atoms with Crippen LogP contribution < -0.4 is 16.0 Å². The van der Waals surface area contributed by atoms with Crippen molar-refractivity contribution in [1.82, 2.24) is 20.9 Å². The molecule has 0 radical (unpaired) electrons. The largest absolute Gasteiger partial charge is 0.478 e. The molecule has 12 heteroatoms. The maximum Gasteiger partial charge on any atom is 0.336 e. The highest BCUT2D eigenvalue weighted by Crippen LogP contribution is 2.21. The van der Waals surface area contributed by atoms with E-state index in [0.717, 1.165) is 4.90 Å². The zero-order valence-corrected chi connectivity index (χ0v) is 19.3. The molecule has 36 heavy (non-hydrogen) atoms. The zero-order valence-electron chi connectivity index (χ0n) is 19.3. The molecular weight excluding hydrogens is 472 g/mol. The molecule has 1 fully saturated rings. The summed E-state index contributed by atoms with van der Waals surface area (Å²) < 4.78 is 0. The number of rotatable bonds is 6. The Morgan fingerprint density at radius 3 is 1.92 bits per heavy atom. The zero-order chi connectivity index (χ0) is 26.6. The Morgan fingerprint density at radius 1 is 0.917 bits per heavy atom. The van der Waals surface area contributed by atoms with Gasteiger partial charge in [0, 0.05) is 6.54 Å². The molecule has 4 N–H and O–H groups in total. The monoisotopic (exact) mass is 494 g/mol. The van der Waals surface area contributed by atoms with Gasteiger partial charge in [0.1, 0.15) is 11.3 Å². The van der Waals surface area contributed by atoms with E-state index < -0.39 is 29.4 Å². The van der Waals surface area contributed by atoms with Crippen LogP contribution in [-0.4, -0.2) is 70.0 Å². The topological polar surface area (TPSA) is 179 Å². The number of fused-ring (bicyclic) bond motifs is 1. The summed E-state index contributed by atoms with van der Waals surface area (Å²) in [4.78, 5) is 81.0. The minimum Gasteiger partial charge on any atom is -0.478 e. The van der Waals surface area contributed by atoms with Gasteiger partial charge in [-0.25, -0.2) is 9.59 Å². The molecule has 1 unspecified atom stereocenters. The van der Waals surface area contributed by atoms with E-state index in [1.165, 1.54) is 38.1 Å². The Kier molecular flexibility index (Phi) is 7.28. The van der Waals surface area contributed by atoms with E-state index >= 15 is 0 Å². The lowest BCUT2D eigenvalue weighted by molar-refractivity contribution is -0.123. The molecule has 0 aromatic heterocycles. The number of nitrogens with one attached hydrogen (secondary N) is 3. The summed E-state index contributed by atoms with van der Waals surface area (Å²) in [6, 6.07) is 11.7. The molecular formula is C24H22N4O8. The molecule has 6 amide bonds. The van der Waals surface area contributed by atoms with Gasteiger partial charge >= 0.3 is 12.0 Å². The second kappa shape index (κ2) is 10.2. The van der Waals surface area contributed by atoms with Crippen LogP contribution in [0.5, 0.6) is 0 Å². The van der Waals surface area contributed by atoms with Crippen molar-refractivity contribution < 1.29 is 38.7 Å². The first-order valence-corrected chi connectivity index (χ1v) is 10.6.